The Labute approximate surface area is 122 Å². The minimum atomic E-state index is -0.174. The van der Waals surface area contributed by atoms with E-state index < -0.39 is 0 Å². The number of rotatable bonds is 3. The predicted octanol–water partition coefficient (Wildman–Crippen LogP) is 1.70. The van der Waals surface area contributed by atoms with Crippen molar-refractivity contribution in [3.05, 3.63) is 52.6 Å². The van der Waals surface area contributed by atoms with Crippen LogP contribution < -0.4 is 16.3 Å². The Bertz CT molecular complexity index is 736. The fourth-order valence-electron chi connectivity index (χ4n) is 1.75. The van der Waals surface area contributed by atoms with E-state index in [0.29, 0.717) is 28.4 Å². The first-order chi connectivity index (χ1) is 9.49. The van der Waals surface area contributed by atoms with Crippen LogP contribution in [0.1, 0.15) is 12.7 Å². The van der Waals surface area contributed by atoms with Crippen molar-refractivity contribution >= 4 is 28.2 Å². The van der Waals surface area contributed by atoms with Gasteiger partial charge in [-0.05, 0) is 38.2 Å². The van der Waals surface area contributed by atoms with Gasteiger partial charge in [0.2, 0.25) is 0 Å². The molecule has 0 atom stereocenters. The predicted molar refractivity (Wildman–Crippen MR) is 85.5 cm³/mol. The third kappa shape index (κ3) is 3.03. The summed E-state index contributed by atoms with van der Waals surface area (Å²) >= 11 is 5.15. The molecule has 0 aliphatic rings. The molecule has 0 bridgehead atoms. The van der Waals surface area contributed by atoms with Crippen LogP contribution in [0.3, 0.4) is 0 Å². The van der Waals surface area contributed by atoms with Crippen molar-refractivity contribution < 1.29 is 0 Å². The van der Waals surface area contributed by atoms with E-state index in [1.807, 2.05) is 25.1 Å². The number of hydrogen-bond acceptors (Lipinski definition) is 3. The molecule has 1 aromatic carbocycles. The zero-order valence-electron chi connectivity index (χ0n) is 11.4. The van der Waals surface area contributed by atoms with Gasteiger partial charge >= 0.3 is 0 Å². The Morgan fingerprint density at radius 2 is 2.15 bits per heavy atom. The molecule has 2 aromatic rings. The standard InChI is InChI=1S/C14H16N4OS/c1-9(2)8-15-14(20)17-18-10(3)16-12-7-5-4-6-11(12)13(18)19/h4-7H,1,8H2,2-3H3,(H2,15,17,20). The van der Waals surface area contributed by atoms with Crippen molar-refractivity contribution in [3.8, 4) is 0 Å². The fourth-order valence-corrected chi connectivity index (χ4v) is 1.91. The second-order valence-electron chi connectivity index (χ2n) is 4.57. The summed E-state index contributed by atoms with van der Waals surface area (Å²) < 4.78 is 1.34. The maximum Gasteiger partial charge on any atom is 0.280 e. The first-order valence-corrected chi connectivity index (χ1v) is 6.57. The first-order valence-electron chi connectivity index (χ1n) is 6.16. The van der Waals surface area contributed by atoms with Crippen molar-refractivity contribution in [2.75, 3.05) is 12.0 Å². The highest BCUT2D eigenvalue weighted by Gasteiger charge is 2.08. The molecular formula is C14H16N4OS. The van der Waals surface area contributed by atoms with Crippen LogP contribution in [0, 0.1) is 6.92 Å². The number of benzene rings is 1. The Hall–Kier alpha value is -2.21. The summed E-state index contributed by atoms with van der Waals surface area (Å²) in [4.78, 5) is 16.8. The normalized spacial score (nSPS) is 10.3. The molecule has 0 fully saturated rings. The molecule has 0 aliphatic carbocycles. The molecule has 2 rings (SSSR count). The minimum Gasteiger partial charge on any atom is -0.358 e. The summed E-state index contributed by atoms with van der Waals surface area (Å²) in [6.45, 7) is 7.98. The molecule has 1 heterocycles. The number of nitrogens with one attached hydrogen (secondary N) is 2. The number of aromatic nitrogens is 2. The minimum absolute atomic E-state index is 0.174. The molecule has 0 aliphatic heterocycles. The lowest BCUT2D eigenvalue weighted by atomic mass is 10.2. The molecule has 2 N–H and O–H groups in total. The second-order valence-corrected chi connectivity index (χ2v) is 4.98. The lowest BCUT2D eigenvalue weighted by Gasteiger charge is -2.14. The van der Waals surface area contributed by atoms with Crippen LogP contribution >= 0.6 is 12.2 Å². The van der Waals surface area contributed by atoms with Gasteiger partial charge in [0.25, 0.3) is 5.56 Å². The lowest BCUT2D eigenvalue weighted by Crippen LogP contribution is -2.41. The van der Waals surface area contributed by atoms with Gasteiger partial charge in [-0.25, -0.2) is 9.66 Å². The van der Waals surface area contributed by atoms with E-state index in [1.54, 1.807) is 13.0 Å². The van der Waals surface area contributed by atoms with E-state index in [4.69, 9.17) is 12.2 Å². The van der Waals surface area contributed by atoms with Crippen LogP contribution in [0.25, 0.3) is 10.9 Å². The number of nitrogens with zero attached hydrogens (tertiary/aromatic N) is 2. The van der Waals surface area contributed by atoms with Crippen molar-refractivity contribution in [1.82, 2.24) is 15.0 Å². The number of hydrogen-bond donors (Lipinski definition) is 2. The van der Waals surface area contributed by atoms with E-state index in [0.717, 1.165) is 5.57 Å². The SMILES string of the molecule is C=C(C)CNC(=S)Nn1c(C)nc2ccccc2c1=O. The molecule has 0 saturated carbocycles. The van der Waals surface area contributed by atoms with Gasteiger partial charge in [-0.1, -0.05) is 24.3 Å². The van der Waals surface area contributed by atoms with Crippen LogP contribution in [-0.2, 0) is 0 Å². The van der Waals surface area contributed by atoms with Crippen molar-refractivity contribution in [2.24, 2.45) is 0 Å². The highest BCUT2D eigenvalue weighted by molar-refractivity contribution is 7.80. The maximum absolute atomic E-state index is 12.4. The van der Waals surface area contributed by atoms with Gasteiger partial charge in [0.05, 0.1) is 10.9 Å². The molecule has 0 spiro atoms. The van der Waals surface area contributed by atoms with Crippen LogP contribution in [0.2, 0.25) is 0 Å². The Morgan fingerprint density at radius 1 is 1.45 bits per heavy atom. The molecule has 0 amide bonds. The quantitative estimate of drug-likeness (QED) is 0.665. The smallest absolute Gasteiger partial charge is 0.280 e. The average molecular weight is 288 g/mol. The van der Waals surface area contributed by atoms with Gasteiger partial charge in [-0.2, -0.15) is 0 Å². The number of aryl methyl sites for hydroxylation is 1. The summed E-state index contributed by atoms with van der Waals surface area (Å²) in [5.74, 6) is 0.549. The van der Waals surface area contributed by atoms with Gasteiger partial charge in [-0.15, -0.1) is 0 Å². The highest BCUT2D eigenvalue weighted by atomic mass is 32.1. The molecule has 0 unspecified atom stereocenters. The van der Waals surface area contributed by atoms with E-state index in [9.17, 15) is 4.79 Å². The Kier molecular flexibility index (Phi) is 4.14. The van der Waals surface area contributed by atoms with Crippen molar-refractivity contribution in [2.45, 2.75) is 13.8 Å². The van der Waals surface area contributed by atoms with Crippen LogP contribution in [0.15, 0.2) is 41.2 Å². The van der Waals surface area contributed by atoms with Crippen LogP contribution in [-0.4, -0.2) is 21.3 Å². The topological polar surface area (TPSA) is 58.9 Å². The molecule has 5 nitrogen and oxygen atoms in total. The van der Waals surface area contributed by atoms with Gasteiger partial charge in [-0.3, -0.25) is 10.2 Å². The van der Waals surface area contributed by atoms with Crippen LogP contribution in [0.4, 0.5) is 0 Å². The van der Waals surface area contributed by atoms with Crippen molar-refractivity contribution in [1.29, 1.82) is 0 Å². The average Bonchev–Trinajstić information content (AvgIpc) is 2.41. The zero-order chi connectivity index (χ0) is 14.7. The highest BCUT2D eigenvalue weighted by Crippen LogP contribution is 2.06. The van der Waals surface area contributed by atoms with E-state index >= 15 is 0 Å². The fraction of sp³-hybridized carbons (Fsp3) is 0.214. The van der Waals surface area contributed by atoms with E-state index in [1.165, 1.54) is 4.68 Å². The number of para-hydroxylation sites is 1. The Morgan fingerprint density at radius 3 is 2.85 bits per heavy atom. The second kappa shape index (κ2) is 5.83. The summed E-state index contributed by atoms with van der Waals surface area (Å²) in [7, 11) is 0. The molecular weight excluding hydrogens is 272 g/mol. The summed E-state index contributed by atoms with van der Waals surface area (Å²) in [6.07, 6.45) is 0. The monoisotopic (exact) mass is 288 g/mol. The molecule has 20 heavy (non-hydrogen) atoms. The Balaban J connectivity index is 2.33. The molecule has 1 aromatic heterocycles. The molecule has 0 radical (unpaired) electrons. The maximum atomic E-state index is 12.4. The summed E-state index contributed by atoms with van der Waals surface area (Å²) in [5, 5.41) is 3.87. The largest absolute Gasteiger partial charge is 0.358 e. The number of fused-ring (bicyclic) bond motifs is 1. The van der Waals surface area contributed by atoms with Gasteiger partial charge < -0.3 is 5.32 Å². The summed E-state index contributed by atoms with van der Waals surface area (Å²) in [6, 6.07) is 7.21. The molecule has 104 valence electrons. The van der Waals surface area contributed by atoms with Gasteiger partial charge in [0, 0.05) is 6.54 Å². The third-order valence-corrected chi connectivity index (χ3v) is 2.94. The number of thiocarbonyl (C=S) groups is 1. The van der Waals surface area contributed by atoms with E-state index in [2.05, 4.69) is 22.3 Å². The lowest BCUT2D eigenvalue weighted by molar-refractivity contribution is 0.824. The summed E-state index contributed by atoms with van der Waals surface area (Å²) in [5.41, 5.74) is 4.30. The van der Waals surface area contributed by atoms with E-state index in [-0.39, 0.29) is 5.56 Å². The molecule has 0 saturated heterocycles. The van der Waals surface area contributed by atoms with Gasteiger partial charge in [0.1, 0.15) is 5.82 Å². The third-order valence-electron chi connectivity index (χ3n) is 2.71. The molecule has 6 heteroatoms. The van der Waals surface area contributed by atoms with Crippen molar-refractivity contribution in [3.63, 3.8) is 0 Å². The first kappa shape index (κ1) is 14.2. The van der Waals surface area contributed by atoms with Crippen LogP contribution in [0.5, 0.6) is 0 Å². The van der Waals surface area contributed by atoms with Gasteiger partial charge in [0.15, 0.2) is 5.11 Å². The zero-order valence-corrected chi connectivity index (χ0v) is 12.3.